The molecule has 3 rings (SSSR count). The molecule has 1 saturated carbocycles. The van der Waals surface area contributed by atoms with Gasteiger partial charge in [-0.3, -0.25) is 0 Å². The van der Waals surface area contributed by atoms with Crippen molar-refractivity contribution in [3.8, 4) is 5.75 Å². The molecule has 3 heteroatoms. The zero-order valence-electron chi connectivity index (χ0n) is 10.7. The number of para-hydroxylation sites is 1. The summed E-state index contributed by atoms with van der Waals surface area (Å²) in [6.45, 7) is 0.703. The molecular weight excluding hydrogens is 226 g/mol. The summed E-state index contributed by atoms with van der Waals surface area (Å²) in [4.78, 5) is 0. The zero-order chi connectivity index (χ0) is 12.4. The van der Waals surface area contributed by atoms with Crippen molar-refractivity contribution in [2.45, 2.75) is 50.4 Å². The third kappa shape index (κ3) is 2.68. The maximum absolute atomic E-state index is 5.97. The van der Waals surface area contributed by atoms with Gasteiger partial charge in [0.15, 0.2) is 0 Å². The summed E-state index contributed by atoms with van der Waals surface area (Å²) in [5.41, 5.74) is 7.20. The smallest absolute Gasteiger partial charge is 0.126 e. The standard InChI is InChI=1S/C15H21NO2/c16-12-5-7-13(8-6-12)17-10-14-9-11-3-1-2-4-15(11)18-14/h1-4,12-14H,5-10,16H2. The van der Waals surface area contributed by atoms with Crippen LogP contribution in [0.5, 0.6) is 5.75 Å². The van der Waals surface area contributed by atoms with E-state index >= 15 is 0 Å². The molecule has 0 bridgehead atoms. The first-order chi connectivity index (χ1) is 8.81. The van der Waals surface area contributed by atoms with Crippen LogP contribution >= 0.6 is 0 Å². The highest BCUT2D eigenvalue weighted by atomic mass is 16.5. The van der Waals surface area contributed by atoms with Gasteiger partial charge in [0.05, 0.1) is 12.7 Å². The van der Waals surface area contributed by atoms with Gasteiger partial charge in [0.25, 0.3) is 0 Å². The van der Waals surface area contributed by atoms with Crippen LogP contribution in [0.25, 0.3) is 0 Å². The van der Waals surface area contributed by atoms with Gasteiger partial charge in [0.2, 0.25) is 0 Å². The summed E-state index contributed by atoms with van der Waals surface area (Å²) in [6.07, 6.45) is 5.94. The fraction of sp³-hybridized carbons (Fsp3) is 0.600. The summed E-state index contributed by atoms with van der Waals surface area (Å²) < 4.78 is 11.8. The molecule has 3 nitrogen and oxygen atoms in total. The summed E-state index contributed by atoms with van der Waals surface area (Å²) in [5, 5.41) is 0. The van der Waals surface area contributed by atoms with Gasteiger partial charge in [-0.2, -0.15) is 0 Å². The first-order valence-corrected chi connectivity index (χ1v) is 6.93. The minimum atomic E-state index is 0.193. The monoisotopic (exact) mass is 247 g/mol. The highest BCUT2D eigenvalue weighted by molar-refractivity contribution is 5.37. The largest absolute Gasteiger partial charge is 0.487 e. The van der Waals surface area contributed by atoms with E-state index in [0.29, 0.717) is 18.8 Å². The van der Waals surface area contributed by atoms with Crippen LogP contribution in [0.3, 0.4) is 0 Å². The summed E-state index contributed by atoms with van der Waals surface area (Å²) in [5.74, 6) is 1.02. The molecule has 1 heterocycles. The predicted octanol–water partition coefficient (Wildman–Crippen LogP) is 2.28. The minimum Gasteiger partial charge on any atom is -0.487 e. The number of hydrogen-bond acceptors (Lipinski definition) is 3. The Kier molecular flexibility index (Phi) is 3.52. The molecule has 0 spiro atoms. The number of fused-ring (bicyclic) bond motifs is 1. The van der Waals surface area contributed by atoms with E-state index in [0.717, 1.165) is 37.9 Å². The number of hydrogen-bond donors (Lipinski definition) is 1. The molecule has 1 aromatic carbocycles. The lowest BCUT2D eigenvalue weighted by atomic mass is 9.94. The molecule has 0 aromatic heterocycles. The van der Waals surface area contributed by atoms with Crippen molar-refractivity contribution in [3.63, 3.8) is 0 Å². The van der Waals surface area contributed by atoms with Gasteiger partial charge in [-0.25, -0.2) is 0 Å². The molecule has 1 fully saturated rings. The molecule has 98 valence electrons. The Hall–Kier alpha value is -1.06. The highest BCUT2D eigenvalue weighted by Gasteiger charge is 2.25. The van der Waals surface area contributed by atoms with Crippen LogP contribution in [0.1, 0.15) is 31.2 Å². The van der Waals surface area contributed by atoms with Crippen LogP contribution in [0.2, 0.25) is 0 Å². The van der Waals surface area contributed by atoms with E-state index in [1.54, 1.807) is 0 Å². The first-order valence-electron chi connectivity index (χ1n) is 6.93. The van der Waals surface area contributed by atoms with Crippen molar-refractivity contribution in [2.75, 3.05) is 6.61 Å². The van der Waals surface area contributed by atoms with E-state index in [2.05, 4.69) is 12.1 Å². The topological polar surface area (TPSA) is 44.5 Å². The van der Waals surface area contributed by atoms with Crippen molar-refractivity contribution < 1.29 is 9.47 Å². The quantitative estimate of drug-likeness (QED) is 0.891. The molecule has 2 aliphatic rings. The van der Waals surface area contributed by atoms with E-state index in [1.807, 2.05) is 12.1 Å². The number of rotatable bonds is 3. The summed E-state index contributed by atoms with van der Waals surface area (Å²) >= 11 is 0. The zero-order valence-corrected chi connectivity index (χ0v) is 10.7. The SMILES string of the molecule is NC1CCC(OCC2Cc3ccccc3O2)CC1. The maximum atomic E-state index is 5.97. The van der Waals surface area contributed by atoms with Gasteiger partial charge in [-0.1, -0.05) is 18.2 Å². The third-order valence-corrected chi connectivity index (χ3v) is 3.95. The van der Waals surface area contributed by atoms with Crippen molar-refractivity contribution in [3.05, 3.63) is 29.8 Å². The Balaban J connectivity index is 1.46. The molecule has 1 aromatic rings. The van der Waals surface area contributed by atoms with E-state index in [1.165, 1.54) is 5.56 Å². The van der Waals surface area contributed by atoms with E-state index in [9.17, 15) is 0 Å². The van der Waals surface area contributed by atoms with Gasteiger partial charge in [-0.15, -0.1) is 0 Å². The van der Waals surface area contributed by atoms with Crippen LogP contribution in [0.15, 0.2) is 24.3 Å². The normalized spacial score (nSPS) is 30.8. The van der Waals surface area contributed by atoms with Crippen LogP contribution in [0, 0.1) is 0 Å². The second-order valence-corrected chi connectivity index (χ2v) is 5.42. The Labute approximate surface area is 108 Å². The van der Waals surface area contributed by atoms with Crippen molar-refractivity contribution in [1.29, 1.82) is 0 Å². The Morgan fingerprint density at radius 2 is 1.94 bits per heavy atom. The van der Waals surface area contributed by atoms with E-state index in [4.69, 9.17) is 15.2 Å². The second kappa shape index (κ2) is 5.29. The molecule has 1 atom stereocenters. The Morgan fingerprint density at radius 3 is 2.72 bits per heavy atom. The Morgan fingerprint density at radius 1 is 1.17 bits per heavy atom. The maximum Gasteiger partial charge on any atom is 0.126 e. The first kappa shape index (κ1) is 12.0. The molecule has 2 N–H and O–H groups in total. The molecule has 0 amide bonds. The lowest BCUT2D eigenvalue weighted by Gasteiger charge is -2.27. The average Bonchev–Trinajstić information content (AvgIpc) is 2.81. The Bertz CT molecular complexity index is 374. The summed E-state index contributed by atoms with van der Waals surface area (Å²) in [7, 11) is 0. The molecule has 18 heavy (non-hydrogen) atoms. The van der Waals surface area contributed by atoms with Gasteiger partial charge in [0.1, 0.15) is 11.9 Å². The summed E-state index contributed by atoms with van der Waals surface area (Å²) in [6, 6.07) is 8.64. The lowest BCUT2D eigenvalue weighted by molar-refractivity contribution is -0.0122. The highest BCUT2D eigenvalue weighted by Crippen LogP contribution is 2.29. The molecule has 0 radical (unpaired) electrons. The van der Waals surface area contributed by atoms with Gasteiger partial charge in [0, 0.05) is 12.5 Å². The van der Waals surface area contributed by atoms with Crippen molar-refractivity contribution >= 4 is 0 Å². The number of benzene rings is 1. The molecule has 0 saturated heterocycles. The number of nitrogens with two attached hydrogens (primary N) is 1. The fourth-order valence-electron chi connectivity index (χ4n) is 2.85. The van der Waals surface area contributed by atoms with Crippen molar-refractivity contribution in [2.24, 2.45) is 5.73 Å². The molecule has 1 aliphatic heterocycles. The van der Waals surface area contributed by atoms with Crippen LogP contribution in [-0.2, 0) is 11.2 Å². The number of ether oxygens (including phenoxy) is 2. The molecule has 1 unspecified atom stereocenters. The minimum absolute atomic E-state index is 0.193. The van der Waals surface area contributed by atoms with Crippen LogP contribution < -0.4 is 10.5 Å². The van der Waals surface area contributed by atoms with Crippen LogP contribution in [0.4, 0.5) is 0 Å². The molecular formula is C15H21NO2. The van der Waals surface area contributed by atoms with Crippen molar-refractivity contribution in [1.82, 2.24) is 0 Å². The van der Waals surface area contributed by atoms with E-state index in [-0.39, 0.29) is 6.10 Å². The van der Waals surface area contributed by atoms with E-state index < -0.39 is 0 Å². The third-order valence-electron chi connectivity index (χ3n) is 3.95. The van der Waals surface area contributed by atoms with Crippen LogP contribution in [-0.4, -0.2) is 24.9 Å². The van der Waals surface area contributed by atoms with Gasteiger partial charge in [-0.05, 0) is 37.3 Å². The second-order valence-electron chi connectivity index (χ2n) is 5.42. The average molecular weight is 247 g/mol. The lowest BCUT2D eigenvalue weighted by Crippen LogP contribution is -2.32. The van der Waals surface area contributed by atoms with Gasteiger partial charge < -0.3 is 15.2 Å². The molecule has 1 aliphatic carbocycles. The predicted molar refractivity (Wildman–Crippen MR) is 70.7 cm³/mol. The fourth-order valence-corrected chi connectivity index (χ4v) is 2.85. The van der Waals surface area contributed by atoms with Gasteiger partial charge >= 0.3 is 0 Å².